The first-order valence-electron chi connectivity index (χ1n) is 7.10. The summed E-state index contributed by atoms with van der Waals surface area (Å²) in [6.07, 6.45) is 0. The number of carbonyl (C=O) groups is 1. The topological polar surface area (TPSA) is 56.5 Å². The Morgan fingerprint density at radius 1 is 1.17 bits per heavy atom. The molecule has 3 aromatic rings. The van der Waals surface area contributed by atoms with E-state index in [9.17, 15) is 9.59 Å². The molecule has 0 atom stereocenters. The molecule has 0 bridgehead atoms. The Hall–Kier alpha value is -2.59. The van der Waals surface area contributed by atoms with Gasteiger partial charge in [0.25, 0.3) is 0 Å². The smallest absolute Gasteiger partial charge is 0.346 e. The first-order valence-corrected chi connectivity index (χ1v) is 7.48. The molecular formula is C18H13ClO4. The van der Waals surface area contributed by atoms with Crippen molar-refractivity contribution >= 4 is 28.5 Å². The van der Waals surface area contributed by atoms with Gasteiger partial charge in [0.15, 0.2) is 11.3 Å². The maximum absolute atomic E-state index is 12.8. The maximum Gasteiger partial charge on any atom is 0.346 e. The van der Waals surface area contributed by atoms with Crippen molar-refractivity contribution in [3.05, 3.63) is 69.3 Å². The number of fused-ring (bicyclic) bond motifs is 1. The summed E-state index contributed by atoms with van der Waals surface area (Å²) in [6, 6.07) is 13.7. The van der Waals surface area contributed by atoms with Gasteiger partial charge in [-0.15, -0.1) is 0 Å². The Labute approximate surface area is 137 Å². The molecule has 0 unspecified atom stereocenters. The van der Waals surface area contributed by atoms with Gasteiger partial charge in [-0.3, -0.25) is 4.79 Å². The number of hydrogen-bond acceptors (Lipinski definition) is 4. The standard InChI is InChI=1S/C18H13ClO4/c1-2-22-18(21)15-16(20)13-10-12(19)8-9-14(13)23-17(15)11-6-4-3-5-7-11/h3-10H,2H2,1H3. The third-order valence-corrected chi connectivity index (χ3v) is 3.60. The molecular weight excluding hydrogens is 316 g/mol. The molecule has 0 saturated carbocycles. The van der Waals surface area contributed by atoms with Gasteiger partial charge in [0.2, 0.25) is 5.43 Å². The van der Waals surface area contributed by atoms with E-state index in [4.69, 9.17) is 20.8 Å². The molecule has 0 amide bonds. The molecule has 5 heteroatoms. The average Bonchev–Trinajstić information content (AvgIpc) is 2.56. The molecule has 0 aliphatic rings. The van der Waals surface area contributed by atoms with Gasteiger partial charge >= 0.3 is 5.97 Å². The Morgan fingerprint density at radius 3 is 2.61 bits per heavy atom. The molecule has 2 aromatic carbocycles. The van der Waals surface area contributed by atoms with Crippen LogP contribution in [-0.4, -0.2) is 12.6 Å². The van der Waals surface area contributed by atoms with Gasteiger partial charge < -0.3 is 9.15 Å². The van der Waals surface area contributed by atoms with Crippen molar-refractivity contribution in [1.29, 1.82) is 0 Å². The normalized spacial score (nSPS) is 10.7. The second kappa shape index (κ2) is 6.26. The Morgan fingerprint density at radius 2 is 1.91 bits per heavy atom. The Balaban J connectivity index is 2.37. The third-order valence-electron chi connectivity index (χ3n) is 3.37. The lowest BCUT2D eigenvalue weighted by atomic mass is 10.0. The van der Waals surface area contributed by atoms with Gasteiger partial charge in [0.1, 0.15) is 5.58 Å². The van der Waals surface area contributed by atoms with E-state index in [0.29, 0.717) is 16.2 Å². The van der Waals surface area contributed by atoms with Crippen LogP contribution in [0.5, 0.6) is 0 Å². The van der Waals surface area contributed by atoms with Crippen LogP contribution in [0.4, 0.5) is 0 Å². The van der Waals surface area contributed by atoms with E-state index in [0.717, 1.165) is 0 Å². The number of benzene rings is 2. The average molecular weight is 329 g/mol. The number of esters is 1. The van der Waals surface area contributed by atoms with E-state index >= 15 is 0 Å². The molecule has 0 aliphatic carbocycles. The molecule has 0 aliphatic heterocycles. The molecule has 3 rings (SSSR count). The van der Waals surface area contributed by atoms with Crippen LogP contribution in [-0.2, 0) is 4.74 Å². The van der Waals surface area contributed by atoms with E-state index in [2.05, 4.69) is 0 Å². The molecule has 0 spiro atoms. The van der Waals surface area contributed by atoms with Gasteiger partial charge in [-0.2, -0.15) is 0 Å². The number of halogens is 1. The van der Waals surface area contributed by atoms with Crippen molar-refractivity contribution in [2.75, 3.05) is 6.61 Å². The van der Waals surface area contributed by atoms with Crippen molar-refractivity contribution in [2.24, 2.45) is 0 Å². The largest absolute Gasteiger partial charge is 0.462 e. The van der Waals surface area contributed by atoms with Gasteiger partial charge in [-0.05, 0) is 25.1 Å². The number of carbonyl (C=O) groups excluding carboxylic acids is 1. The summed E-state index contributed by atoms with van der Waals surface area (Å²) in [6.45, 7) is 1.85. The first kappa shape index (κ1) is 15.3. The maximum atomic E-state index is 12.8. The van der Waals surface area contributed by atoms with E-state index in [1.54, 1.807) is 43.3 Å². The quantitative estimate of drug-likeness (QED) is 0.673. The van der Waals surface area contributed by atoms with E-state index in [1.807, 2.05) is 6.07 Å². The monoisotopic (exact) mass is 328 g/mol. The zero-order valence-electron chi connectivity index (χ0n) is 12.3. The number of ether oxygens (including phenoxy) is 1. The van der Waals surface area contributed by atoms with E-state index in [-0.39, 0.29) is 23.3 Å². The van der Waals surface area contributed by atoms with Crippen LogP contribution < -0.4 is 5.43 Å². The van der Waals surface area contributed by atoms with Crippen molar-refractivity contribution in [1.82, 2.24) is 0 Å². The number of rotatable bonds is 3. The molecule has 23 heavy (non-hydrogen) atoms. The first-order chi connectivity index (χ1) is 11.1. The van der Waals surface area contributed by atoms with Crippen LogP contribution in [0, 0.1) is 0 Å². The lowest BCUT2D eigenvalue weighted by Gasteiger charge is -2.09. The molecule has 0 N–H and O–H groups in total. The van der Waals surface area contributed by atoms with Crippen LogP contribution in [0.15, 0.2) is 57.7 Å². The van der Waals surface area contributed by atoms with Crippen LogP contribution in [0.3, 0.4) is 0 Å². The summed E-state index contributed by atoms with van der Waals surface area (Å²) in [5, 5.41) is 0.646. The summed E-state index contributed by atoms with van der Waals surface area (Å²) in [5.41, 5.74) is 0.426. The summed E-state index contributed by atoms with van der Waals surface area (Å²) in [4.78, 5) is 25.0. The Kier molecular flexibility index (Phi) is 4.17. The van der Waals surface area contributed by atoms with Crippen LogP contribution >= 0.6 is 11.6 Å². The minimum Gasteiger partial charge on any atom is -0.462 e. The van der Waals surface area contributed by atoms with E-state index < -0.39 is 11.4 Å². The molecule has 0 radical (unpaired) electrons. The highest BCUT2D eigenvalue weighted by atomic mass is 35.5. The summed E-state index contributed by atoms with van der Waals surface area (Å²) in [5.74, 6) is -0.508. The zero-order chi connectivity index (χ0) is 16.4. The summed E-state index contributed by atoms with van der Waals surface area (Å²) >= 11 is 5.94. The molecule has 0 saturated heterocycles. The fourth-order valence-electron chi connectivity index (χ4n) is 2.35. The van der Waals surface area contributed by atoms with E-state index in [1.165, 1.54) is 6.07 Å². The third kappa shape index (κ3) is 2.85. The van der Waals surface area contributed by atoms with Gasteiger partial charge in [0.05, 0.1) is 12.0 Å². The van der Waals surface area contributed by atoms with Crippen LogP contribution in [0.1, 0.15) is 17.3 Å². The minimum absolute atomic E-state index is 0.118. The van der Waals surface area contributed by atoms with Gasteiger partial charge in [-0.25, -0.2) is 4.79 Å². The highest BCUT2D eigenvalue weighted by molar-refractivity contribution is 6.31. The molecule has 1 aromatic heterocycles. The zero-order valence-corrected chi connectivity index (χ0v) is 13.1. The van der Waals surface area contributed by atoms with Crippen molar-refractivity contribution in [3.63, 3.8) is 0 Å². The molecule has 4 nitrogen and oxygen atoms in total. The highest BCUT2D eigenvalue weighted by Crippen LogP contribution is 2.27. The molecule has 0 fully saturated rings. The predicted molar refractivity (Wildman–Crippen MR) is 88.9 cm³/mol. The van der Waals surface area contributed by atoms with Gasteiger partial charge in [-0.1, -0.05) is 41.9 Å². The highest BCUT2D eigenvalue weighted by Gasteiger charge is 2.23. The second-order valence-corrected chi connectivity index (χ2v) is 5.30. The predicted octanol–water partition coefficient (Wildman–Crippen LogP) is 4.29. The molecule has 1 heterocycles. The van der Waals surface area contributed by atoms with Crippen molar-refractivity contribution in [3.8, 4) is 11.3 Å². The second-order valence-electron chi connectivity index (χ2n) is 4.86. The molecule has 116 valence electrons. The Bertz CT molecular complexity index is 929. The summed E-state index contributed by atoms with van der Waals surface area (Å²) < 4.78 is 10.8. The van der Waals surface area contributed by atoms with Gasteiger partial charge in [0, 0.05) is 10.6 Å². The fraction of sp³-hybridized carbons (Fsp3) is 0.111. The lowest BCUT2D eigenvalue weighted by molar-refractivity contribution is 0.0524. The fourth-order valence-corrected chi connectivity index (χ4v) is 2.52. The van der Waals surface area contributed by atoms with Crippen LogP contribution in [0.2, 0.25) is 5.02 Å². The lowest BCUT2D eigenvalue weighted by Crippen LogP contribution is -2.19. The van der Waals surface area contributed by atoms with Crippen molar-refractivity contribution in [2.45, 2.75) is 6.92 Å². The summed E-state index contributed by atoms with van der Waals surface area (Å²) in [7, 11) is 0. The van der Waals surface area contributed by atoms with Crippen molar-refractivity contribution < 1.29 is 13.9 Å². The number of hydrogen-bond donors (Lipinski definition) is 0. The minimum atomic E-state index is -0.707. The SMILES string of the molecule is CCOC(=O)c1c(-c2ccccc2)oc2ccc(Cl)cc2c1=O. The van der Waals surface area contributed by atoms with Crippen LogP contribution in [0.25, 0.3) is 22.3 Å².